The van der Waals surface area contributed by atoms with Crippen LogP contribution < -0.4 is 20.1 Å². The van der Waals surface area contributed by atoms with Crippen LogP contribution in [0.5, 0.6) is 0 Å². The zero-order valence-electron chi connectivity index (χ0n) is 17.2. The number of hydrogen-bond acceptors (Lipinski definition) is 2. The van der Waals surface area contributed by atoms with Gasteiger partial charge in [0.1, 0.15) is 32.4 Å². The van der Waals surface area contributed by atoms with E-state index < -0.39 is 11.7 Å². The number of hydrogen-bond donors (Lipinski definition) is 2. The number of aromatic amines is 1. The summed E-state index contributed by atoms with van der Waals surface area (Å²) in [7, 11) is 0. The second-order valence-electron chi connectivity index (χ2n) is 7.72. The molecule has 1 fully saturated rings. The maximum Gasteiger partial charge on any atom is 0.419 e. The van der Waals surface area contributed by atoms with Gasteiger partial charge in [0.15, 0.2) is 6.54 Å². The van der Waals surface area contributed by atoms with E-state index in [2.05, 4.69) is 29.4 Å². The van der Waals surface area contributed by atoms with Gasteiger partial charge in [-0.3, -0.25) is 9.69 Å². The van der Waals surface area contributed by atoms with Crippen molar-refractivity contribution in [1.82, 2.24) is 0 Å². The molecule has 3 N–H and O–H groups in total. The first-order valence-electron chi connectivity index (χ1n) is 10.4. The number of halogens is 3. The Morgan fingerprint density at radius 3 is 2.40 bits per heavy atom. The third-order valence-electron chi connectivity index (χ3n) is 5.40. The molecule has 162 valence electrons. The summed E-state index contributed by atoms with van der Waals surface area (Å²) < 4.78 is 38.1. The molecule has 8 heteroatoms. The van der Waals surface area contributed by atoms with E-state index in [-0.39, 0.29) is 5.91 Å². The first-order chi connectivity index (χ1) is 14.3. The molecule has 30 heavy (non-hydrogen) atoms. The van der Waals surface area contributed by atoms with Gasteiger partial charge in [-0.2, -0.15) is 13.2 Å². The average Bonchev–Trinajstić information content (AvgIpc) is 2.73. The number of nitrogens with zero attached hydrogens (tertiary/aromatic N) is 1. The molecular formula is C22H29F3N4O+2. The molecule has 0 bridgehead atoms. The monoisotopic (exact) mass is 422 g/mol. The molecule has 5 nitrogen and oxygen atoms in total. The SMILES string of the molecule is CCCCc1ccc(NC(=O)C[NH+]2CCN(c3ccc(C(F)(F)F)c[nH+]3)CC2)cc1. The molecule has 1 aromatic heterocycles. The smallest absolute Gasteiger partial charge is 0.321 e. The Labute approximate surface area is 174 Å². The average molecular weight is 422 g/mol. The van der Waals surface area contributed by atoms with Gasteiger partial charge < -0.3 is 10.2 Å². The van der Waals surface area contributed by atoms with E-state index in [9.17, 15) is 18.0 Å². The number of benzene rings is 1. The first-order valence-corrected chi connectivity index (χ1v) is 10.4. The minimum Gasteiger partial charge on any atom is -0.321 e. The minimum atomic E-state index is -4.35. The van der Waals surface area contributed by atoms with Gasteiger partial charge in [-0.25, -0.2) is 4.98 Å². The lowest BCUT2D eigenvalue weighted by Gasteiger charge is -2.28. The summed E-state index contributed by atoms with van der Waals surface area (Å²) >= 11 is 0. The highest BCUT2D eigenvalue weighted by Crippen LogP contribution is 2.28. The normalized spacial score (nSPS) is 15.3. The topological polar surface area (TPSA) is 50.9 Å². The molecule has 0 atom stereocenters. The van der Waals surface area contributed by atoms with Crippen LogP contribution in [0, 0.1) is 0 Å². The van der Waals surface area contributed by atoms with E-state index in [0.29, 0.717) is 25.5 Å². The van der Waals surface area contributed by atoms with Crippen molar-refractivity contribution in [3.63, 3.8) is 0 Å². The number of unbranched alkanes of at least 4 members (excludes halogenated alkanes) is 1. The molecule has 1 aliphatic heterocycles. The lowest BCUT2D eigenvalue weighted by atomic mass is 10.1. The number of quaternary nitrogens is 1. The fraction of sp³-hybridized carbons (Fsp3) is 0.455. The quantitative estimate of drug-likeness (QED) is 0.719. The molecular weight excluding hydrogens is 393 g/mol. The number of amides is 1. The maximum atomic E-state index is 12.7. The zero-order valence-corrected chi connectivity index (χ0v) is 17.2. The predicted molar refractivity (Wildman–Crippen MR) is 109 cm³/mol. The highest BCUT2D eigenvalue weighted by molar-refractivity contribution is 5.91. The van der Waals surface area contributed by atoms with Gasteiger partial charge in [-0.1, -0.05) is 25.5 Å². The van der Waals surface area contributed by atoms with E-state index >= 15 is 0 Å². The zero-order chi connectivity index (χ0) is 21.6. The van der Waals surface area contributed by atoms with Crippen LogP contribution >= 0.6 is 0 Å². The largest absolute Gasteiger partial charge is 0.419 e. The number of carbonyl (C=O) groups is 1. The number of H-pyrrole nitrogens is 1. The molecule has 1 saturated heterocycles. The number of aryl methyl sites for hydroxylation is 1. The summed E-state index contributed by atoms with van der Waals surface area (Å²) in [6.07, 6.45) is 0.0167. The van der Waals surface area contributed by atoms with Gasteiger partial charge in [-0.15, -0.1) is 0 Å². The number of rotatable bonds is 7. The van der Waals surface area contributed by atoms with Crippen LogP contribution in [-0.2, 0) is 17.4 Å². The Hall–Kier alpha value is -2.61. The van der Waals surface area contributed by atoms with Gasteiger partial charge in [0.05, 0.1) is 5.56 Å². The summed E-state index contributed by atoms with van der Waals surface area (Å²) in [6, 6.07) is 10.5. The van der Waals surface area contributed by atoms with Crippen molar-refractivity contribution in [2.24, 2.45) is 0 Å². The van der Waals surface area contributed by atoms with Crippen LogP contribution in [0.3, 0.4) is 0 Å². The van der Waals surface area contributed by atoms with Crippen LogP contribution in [0.25, 0.3) is 0 Å². The summed E-state index contributed by atoms with van der Waals surface area (Å²) in [5.41, 5.74) is 1.39. The van der Waals surface area contributed by atoms with Crippen molar-refractivity contribution in [2.45, 2.75) is 32.4 Å². The van der Waals surface area contributed by atoms with Crippen molar-refractivity contribution in [1.29, 1.82) is 0 Å². The van der Waals surface area contributed by atoms with E-state index in [1.165, 1.54) is 11.6 Å². The fourth-order valence-electron chi connectivity index (χ4n) is 3.60. The van der Waals surface area contributed by atoms with Crippen LogP contribution in [0.4, 0.5) is 24.7 Å². The Kier molecular flexibility index (Phi) is 7.31. The number of anilines is 2. The Morgan fingerprint density at radius 2 is 1.83 bits per heavy atom. The molecule has 0 spiro atoms. The Balaban J connectivity index is 1.44. The maximum absolute atomic E-state index is 12.7. The standard InChI is InChI=1S/C22H27F3N4O/c1-2-3-4-17-5-8-19(9-6-17)27-21(30)16-28-11-13-29(14-12-28)20-10-7-18(15-26-20)22(23,24)25/h5-10,15H,2-4,11-14,16H2,1H3,(H,27,30)/p+2. The van der Waals surface area contributed by atoms with E-state index in [0.717, 1.165) is 55.2 Å². The van der Waals surface area contributed by atoms with Crippen molar-refractivity contribution in [3.05, 3.63) is 53.7 Å². The molecule has 0 unspecified atom stereocenters. The van der Waals surface area contributed by atoms with Crippen molar-refractivity contribution >= 4 is 17.4 Å². The van der Waals surface area contributed by atoms with E-state index in [1.54, 1.807) is 0 Å². The minimum absolute atomic E-state index is 0.0270. The number of piperazine rings is 1. The molecule has 2 heterocycles. The molecule has 0 saturated carbocycles. The summed E-state index contributed by atoms with van der Waals surface area (Å²) in [4.78, 5) is 18.3. The number of nitrogens with one attached hydrogen (secondary N) is 3. The second-order valence-corrected chi connectivity index (χ2v) is 7.72. The molecule has 2 aromatic rings. The van der Waals surface area contributed by atoms with Gasteiger partial charge in [0.25, 0.3) is 11.7 Å². The molecule has 0 radical (unpaired) electrons. The highest BCUT2D eigenvalue weighted by atomic mass is 19.4. The van der Waals surface area contributed by atoms with Crippen molar-refractivity contribution in [3.8, 4) is 0 Å². The lowest BCUT2D eigenvalue weighted by Crippen LogP contribution is -3.15. The Morgan fingerprint density at radius 1 is 1.13 bits per heavy atom. The van der Waals surface area contributed by atoms with Gasteiger partial charge in [0.2, 0.25) is 0 Å². The van der Waals surface area contributed by atoms with Crippen LogP contribution in [0.2, 0.25) is 0 Å². The predicted octanol–water partition coefficient (Wildman–Crippen LogP) is 2.21. The molecule has 1 amide bonds. The highest BCUT2D eigenvalue weighted by Gasteiger charge is 2.33. The van der Waals surface area contributed by atoms with Gasteiger partial charge in [0, 0.05) is 11.8 Å². The van der Waals surface area contributed by atoms with Crippen LogP contribution in [-0.4, -0.2) is 38.6 Å². The van der Waals surface area contributed by atoms with Gasteiger partial charge in [-0.05, 0) is 36.6 Å². The Bertz CT molecular complexity index is 814. The lowest BCUT2D eigenvalue weighted by molar-refractivity contribution is -0.892. The second kappa shape index (κ2) is 9.93. The van der Waals surface area contributed by atoms with Gasteiger partial charge >= 0.3 is 6.18 Å². The van der Waals surface area contributed by atoms with Crippen molar-refractivity contribution in [2.75, 3.05) is 42.9 Å². The molecule has 1 aromatic carbocycles. The molecule has 1 aliphatic rings. The molecule has 3 rings (SSSR count). The summed E-state index contributed by atoms with van der Waals surface area (Å²) in [5.74, 6) is 0.635. The van der Waals surface area contributed by atoms with Crippen LogP contribution in [0.15, 0.2) is 42.6 Å². The fourth-order valence-corrected chi connectivity index (χ4v) is 3.60. The number of alkyl halides is 3. The number of pyridine rings is 1. The first kappa shape index (κ1) is 22.1. The summed E-state index contributed by atoms with van der Waals surface area (Å²) in [6.45, 7) is 5.39. The number of carbonyl (C=O) groups excluding carboxylic acids is 1. The third kappa shape index (κ3) is 6.19. The van der Waals surface area contributed by atoms with E-state index in [4.69, 9.17) is 0 Å². The van der Waals surface area contributed by atoms with Crippen LogP contribution in [0.1, 0.15) is 30.9 Å². The van der Waals surface area contributed by atoms with E-state index in [1.807, 2.05) is 17.0 Å². The third-order valence-corrected chi connectivity index (χ3v) is 5.40. The summed E-state index contributed by atoms with van der Waals surface area (Å²) in [5, 5.41) is 2.95. The van der Waals surface area contributed by atoms with Crippen molar-refractivity contribution < 1.29 is 27.8 Å². The number of aromatic nitrogens is 1. The molecule has 0 aliphatic carbocycles.